The molecule has 8 heteroatoms. The molecule has 0 saturated heterocycles. The Hall–Kier alpha value is -2.93. The minimum atomic E-state index is -0.583. The molecule has 27 heavy (non-hydrogen) atoms. The number of hydrogen-bond donors (Lipinski definition) is 1. The van der Waals surface area contributed by atoms with Crippen molar-refractivity contribution in [2.24, 2.45) is 5.10 Å². The number of halogens is 1. The van der Waals surface area contributed by atoms with Crippen molar-refractivity contribution in [1.29, 1.82) is 0 Å². The van der Waals surface area contributed by atoms with E-state index in [1.54, 1.807) is 6.07 Å². The second kappa shape index (κ2) is 9.14. The summed E-state index contributed by atoms with van der Waals surface area (Å²) in [6.07, 6.45) is 1.30. The summed E-state index contributed by atoms with van der Waals surface area (Å²) in [4.78, 5) is 22.2. The molecule has 0 spiro atoms. The summed E-state index contributed by atoms with van der Waals surface area (Å²) < 4.78 is 5.62. The highest BCUT2D eigenvalue weighted by Crippen LogP contribution is 2.27. The van der Waals surface area contributed by atoms with Crippen LogP contribution in [0.5, 0.6) is 5.75 Å². The summed E-state index contributed by atoms with van der Waals surface area (Å²) in [6.45, 7) is 5.86. The molecule has 0 aliphatic rings. The number of hydrogen-bond acceptors (Lipinski definition) is 5. The van der Waals surface area contributed by atoms with Gasteiger partial charge < -0.3 is 4.74 Å². The van der Waals surface area contributed by atoms with Gasteiger partial charge in [0.1, 0.15) is 10.8 Å². The Morgan fingerprint density at radius 2 is 2.07 bits per heavy atom. The number of rotatable bonds is 7. The lowest BCUT2D eigenvalue weighted by Crippen LogP contribution is -2.25. The number of benzene rings is 2. The van der Waals surface area contributed by atoms with Crippen molar-refractivity contribution >= 4 is 29.4 Å². The quantitative estimate of drug-likeness (QED) is 0.436. The number of aryl methyl sites for hydroxylation is 1. The van der Waals surface area contributed by atoms with Crippen LogP contribution in [-0.4, -0.2) is 23.7 Å². The molecular weight excluding hydrogens is 370 g/mol. The van der Waals surface area contributed by atoms with E-state index in [0.29, 0.717) is 11.3 Å². The highest BCUT2D eigenvalue weighted by atomic mass is 35.5. The van der Waals surface area contributed by atoms with Crippen LogP contribution in [0.3, 0.4) is 0 Å². The molecule has 0 unspecified atom stereocenters. The summed E-state index contributed by atoms with van der Waals surface area (Å²) >= 11 is 5.75. The molecule has 0 radical (unpaired) electrons. The van der Waals surface area contributed by atoms with Crippen molar-refractivity contribution in [2.45, 2.75) is 26.7 Å². The molecule has 2 aromatic rings. The van der Waals surface area contributed by atoms with Gasteiger partial charge in [-0.2, -0.15) is 5.10 Å². The van der Waals surface area contributed by atoms with Crippen LogP contribution in [0.1, 0.15) is 36.5 Å². The first-order chi connectivity index (χ1) is 12.8. The lowest BCUT2D eigenvalue weighted by molar-refractivity contribution is -0.384. The Morgan fingerprint density at radius 1 is 1.33 bits per heavy atom. The number of ether oxygens (including phenoxy) is 1. The van der Waals surface area contributed by atoms with E-state index in [1.807, 2.05) is 39.0 Å². The van der Waals surface area contributed by atoms with Gasteiger partial charge >= 0.3 is 0 Å². The van der Waals surface area contributed by atoms with E-state index >= 15 is 0 Å². The maximum Gasteiger partial charge on any atom is 0.288 e. The van der Waals surface area contributed by atoms with Gasteiger partial charge in [-0.05, 0) is 36.1 Å². The van der Waals surface area contributed by atoms with Gasteiger partial charge in [0, 0.05) is 11.6 Å². The van der Waals surface area contributed by atoms with Gasteiger partial charge in [-0.1, -0.05) is 43.6 Å². The number of hydrazone groups is 1. The second-order valence-electron chi connectivity index (χ2n) is 6.25. The third-order valence-corrected chi connectivity index (χ3v) is 4.04. The molecule has 0 fully saturated rings. The maximum atomic E-state index is 11.9. The molecule has 0 saturated carbocycles. The molecule has 0 aliphatic heterocycles. The van der Waals surface area contributed by atoms with Crippen molar-refractivity contribution in [3.63, 3.8) is 0 Å². The summed E-state index contributed by atoms with van der Waals surface area (Å²) in [5.41, 5.74) is 4.60. The van der Waals surface area contributed by atoms with Crippen LogP contribution < -0.4 is 10.2 Å². The lowest BCUT2D eigenvalue weighted by atomic mass is 10.0. The van der Waals surface area contributed by atoms with Crippen molar-refractivity contribution in [1.82, 2.24) is 5.43 Å². The molecule has 2 rings (SSSR count). The minimum absolute atomic E-state index is 0.0358. The predicted molar refractivity (Wildman–Crippen MR) is 105 cm³/mol. The summed E-state index contributed by atoms with van der Waals surface area (Å²) in [6, 6.07) is 10.1. The van der Waals surface area contributed by atoms with E-state index in [0.717, 1.165) is 11.1 Å². The molecule has 0 aliphatic carbocycles. The van der Waals surface area contributed by atoms with E-state index in [-0.39, 0.29) is 23.2 Å². The Bertz CT molecular complexity index is 881. The van der Waals surface area contributed by atoms with E-state index in [4.69, 9.17) is 16.3 Å². The normalized spacial score (nSPS) is 11.0. The van der Waals surface area contributed by atoms with E-state index in [1.165, 1.54) is 18.3 Å². The number of nitro groups is 1. The number of carbonyl (C=O) groups excluding carboxylic acids is 1. The number of nitrogens with one attached hydrogen (secondary N) is 1. The zero-order valence-electron chi connectivity index (χ0n) is 15.2. The fourth-order valence-electron chi connectivity index (χ4n) is 2.35. The number of carbonyl (C=O) groups is 1. The summed E-state index contributed by atoms with van der Waals surface area (Å²) in [5, 5.41) is 14.7. The van der Waals surface area contributed by atoms with Crippen molar-refractivity contribution in [2.75, 3.05) is 6.61 Å². The number of nitro benzene ring substituents is 1. The Balaban J connectivity index is 1.96. The molecule has 0 bridgehead atoms. The zero-order valence-corrected chi connectivity index (χ0v) is 16.0. The van der Waals surface area contributed by atoms with Crippen LogP contribution in [0.15, 0.2) is 41.5 Å². The van der Waals surface area contributed by atoms with Gasteiger partial charge in [0.25, 0.3) is 11.6 Å². The fourth-order valence-corrected chi connectivity index (χ4v) is 2.53. The molecule has 0 heterocycles. The van der Waals surface area contributed by atoms with Crippen molar-refractivity contribution < 1.29 is 14.5 Å². The maximum absolute atomic E-state index is 11.9. The van der Waals surface area contributed by atoms with Crippen LogP contribution in [-0.2, 0) is 4.79 Å². The molecule has 1 N–H and O–H groups in total. The number of nitrogens with zero attached hydrogens (tertiary/aromatic N) is 2. The van der Waals surface area contributed by atoms with Gasteiger partial charge in [-0.3, -0.25) is 14.9 Å². The molecular formula is C19H20ClN3O4. The first-order valence-electron chi connectivity index (χ1n) is 8.27. The van der Waals surface area contributed by atoms with E-state index < -0.39 is 10.8 Å². The Morgan fingerprint density at radius 3 is 2.74 bits per heavy atom. The standard InChI is InChI=1S/C19H20ClN3O4/c1-12(2)15-6-4-13(3)8-18(15)27-11-19(24)22-21-10-14-5-7-16(20)17(9-14)23(25)26/h4-10,12H,11H2,1-3H3,(H,22,24). The van der Waals surface area contributed by atoms with Crippen LogP contribution in [0, 0.1) is 17.0 Å². The molecule has 0 aromatic heterocycles. The van der Waals surface area contributed by atoms with Gasteiger partial charge in [0.05, 0.1) is 11.1 Å². The van der Waals surface area contributed by atoms with Crippen molar-refractivity contribution in [3.8, 4) is 5.75 Å². The first kappa shape index (κ1) is 20.4. The lowest BCUT2D eigenvalue weighted by Gasteiger charge is -2.14. The van der Waals surface area contributed by atoms with Crippen molar-refractivity contribution in [3.05, 3.63) is 68.2 Å². The Kier molecular flexibility index (Phi) is 6.90. The molecule has 142 valence electrons. The molecule has 0 atom stereocenters. The monoisotopic (exact) mass is 389 g/mol. The van der Waals surface area contributed by atoms with Gasteiger partial charge in [-0.15, -0.1) is 0 Å². The average Bonchev–Trinajstić information content (AvgIpc) is 2.61. The highest BCUT2D eigenvalue weighted by Gasteiger charge is 2.12. The van der Waals surface area contributed by atoms with Crippen LogP contribution in [0.4, 0.5) is 5.69 Å². The summed E-state index contributed by atoms with van der Waals surface area (Å²) in [5.74, 6) is 0.491. The topological polar surface area (TPSA) is 93.8 Å². The van der Waals surface area contributed by atoms with Gasteiger partial charge in [0.2, 0.25) is 0 Å². The third kappa shape index (κ3) is 5.79. The molecule has 1 amide bonds. The first-order valence-corrected chi connectivity index (χ1v) is 8.65. The van der Waals surface area contributed by atoms with E-state index in [9.17, 15) is 14.9 Å². The van der Waals surface area contributed by atoms with Crippen LogP contribution in [0.25, 0.3) is 0 Å². The van der Waals surface area contributed by atoms with E-state index in [2.05, 4.69) is 10.5 Å². The third-order valence-electron chi connectivity index (χ3n) is 3.72. The fraction of sp³-hybridized carbons (Fsp3) is 0.263. The van der Waals surface area contributed by atoms with Gasteiger partial charge in [-0.25, -0.2) is 5.43 Å². The average molecular weight is 390 g/mol. The van der Waals surface area contributed by atoms with Gasteiger partial charge in [0.15, 0.2) is 6.61 Å². The predicted octanol–water partition coefficient (Wildman–Crippen LogP) is 4.21. The summed E-state index contributed by atoms with van der Waals surface area (Å²) in [7, 11) is 0. The van der Waals surface area contributed by atoms with Crippen LogP contribution >= 0.6 is 11.6 Å². The SMILES string of the molecule is Cc1ccc(C(C)C)c(OCC(=O)NN=Cc2ccc(Cl)c([N+](=O)[O-])c2)c1. The Labute approximate surface area is 162 Å². The van der Waals surface area contributed by atoms with Crippen LogP contribution in [0.2, 0.25) is 5.02 Å². The smallest absolute Gasteiger partial charge is 0.288 e. The highest BCUT2D eigenvalue weighted by molar-refractivity contribution is 6.32. The number of amides is 1. The molecule has 7 nitrogen and oxygen atoms in total. The second-order valence-corrected chi connectivity index (χ2v) is 6.65. The minimum Gasteiger partial charge on any atom is -0.483 e. The molecule has 2 aromatic carbocycles. The largest absolute Gasteiger partial charge is 0.483 e. The zero-order chi connectivity index (χ0) is 20.0.